The zero-order chi connectivity index (χ0) is 24.5. The van der Waals surface area contributed by atoms with Gasteiger partial charge in [0.15, 0.2) is 0 Å². The van der Waals surface area contributed by atoms with Gasteiger partial charge in [0, 0.05) is 19.4 Å². The van der Waals surface area contributed by atoms with E-state index in [4.69, 9.17) is 4.74 Å². The third-order valence-electron chi connectivity index (χ3n) is 6.09. The standard InChI is InChI=1S/C25H33N3O6/c1-2-3-4-5-6-7-15-26-20(29)12-9-16-34-19-11-8-10-17-22(19)25(33)28(24(17)32)18-13-14-21(30)27-23(18)31/h8,10-11,18H,2-7,9,12-16H2,1H3,(H,26,29)(H,27,30,31). The van der Waals surface area contributed by atoms with Crippen molar-refractivity contribution in [2.24, 2.45) is 0 Å². The molecule has 2 aliphatic rings. The lowest BCUT2D eigenvalue weighted by Gasteiger charge is -2.27. The minimum Gasteiger partial charge on any atom is -0.493 e. The summed E-state index contributed by atoms with van der Waals surface area (Å²) in [6.45, 7) is 3.06. The first kappa shape index (κ1) is 25.4. The maximum absolute atomic E-state index is 13.0. The van der Waals surface area contributed by atoms with Gasteiger partial charge in [0.25, 0.3) is 11.8 Å². The first-order chi connectivity index (χ1) is 16.4. The van der Waals surface area contributed by atoms with Crippen LogP contribution in [0.5, 0.6) is 5.75 Å². The summed E-state index contributed by atoms with van der Waals surface area (Å²) in [5.74, 6) is -2.04. The minimum absolute atomic E-state index is 0.0364. The maximum atomic E-state index is 13.0. The minimum atomic E-state index is -1.02. The molecule has 1 atom stereocenters. The number of rotatable bonds is 13. The second-order valence-electron chi connectivity index (χ2n) is 8.70. The van der Waals surface area contributed by atoms with Crippen molar-refractivity contribution in [2.75, 3.05) is 13.2 Å². The third kappa shape index (κ3) is 6.21. The van der Waals surface area contributed by atoms with Crippen LogP contribution in [0.15, 0.2) is 18.2 Å². The number of piperidine rings is 1. The molecule has 3 rings (SSSR count). The fourth-order valence-corrected chi connectivity index (χ4v) is 4.24. The molecule has 0 radical (unpaired) electrons. The topological polar surface area (TPSA) is 122 Å². The summed E-state index contributed by atoms with van der Waals surface area (Å²) in [6, 6.07) is 3.70. The number of nitrogens with zero attached hydrogens (tertiary/aromatic N) is 1. The van der Waals surface area contributed by atoms with Crippen molar-refractivity contribution >= 4 is 29.5 Å². The zero-order valence-electron chi connectivity index (χ0n) is 19.7. The van der Waals surface area contributed by atoms with Crippen molar-refractivity contribution in [1.29, 1.82) is 0 Å². The smallest absolute Gasteiger partial charge is 0.266 e. The van der Waals surface area contributed by atoms with Gasteiger partial charge in [-0.15, -0.1) is 0 Å². The fraction of sp³-hybridized carbons (Fsp3) is 0.560. The molecule has 2 N–H and O–H groups in total. The Morgan fingerprint density at radius 1 is 1.06 bits per heavy atom. The predicted molar refractivity (Wildman–Crippen MR) is 124 cm³/mol. The lowest BCUT2D eigenvalue weighted by Crippen LogP contribution is -2.54. The highest BCUT2D eigenvalue weighted by Gasteiger charge is 2.45. The number of carbonyl (C=O) groups excluding carboxylic acids is 5. The van der Waals surface area contributed by atoms with E-state index in [1.807, 2.05) is 0 Å². The van der Waals surface area contributed by atoms with Crippen LogP contribution in [0.1, 0.15) is 91.8 Å². The first-order valence-electron chi connectivity index (χ1n) is 12.2. The largest absolute Gasteiger partial charge is 0.493 e. The van der Waals surface area contributed by atoms with Gasteiger partial charge in [-0.1, -0.05) is 45.1 Å². The third-order valence-corrected chi connectivity index (χ3v) is 6.09. The molecule has 9 heteroatoms. The Hall–Kier alpha value is -3.23. The van der Waals surface area contributed by atoms with E-state index < -0.39 is 29.7 Å². The van der Waals surface area contributed by atoms with Crippen molar-refractivity contribution < 1.29 is 28.7 Å². The van der Waals surface area contributed by atoms with Crippen LogP contribution in [0, 0.1) is 0 Å². The molecule has 1 unspecified atom stereocenters. The summed E-state index contributed by atoms with van der Waals surface area (Å²) < 4.78 is 5.74. The molecule has 0 spiro atoms. The lowest BCUT2D eigenvalue weighted by atomic mass is 10.0. The molecule has 184 valence electrons. The van der Waals surface area contributed by atoms with E-state index in [1.54, 1.807) is 12.1 Å². The molecular formula is C25H33N3O6. The molecular weight excluding hydrogens is 438 g/mol. The molecule has 1 aromatic rings. The molecule has 0 aliphatic carbocycles. The number of ether oxygens (including phenoxy) is 1. The van der Waals surface area contributed by atoms with Crippen molar-refractivity contribution in [2.45, 2.75) is 77.2 Å². The Morgan fingerprint density at radius 2 is 1.82 bits per heavy atom. The Balaban J connectivity index is 1.46. The predicted octanol–water partition coefficient (Wildman–Crippen LogP) is 2.72. The summed E-state index contributed by atoms with van der Waals surface area (Å²) in [4.78, 5) is 62.4. The molecule has 0 saturated carbocycles. The highest BCUT2D eigenvalue weighted by molar-refractivity contribution is 6.24. The van der Waals surface area contributed by atoms with Crippen LogP contribution in [0.3, 0.4) is 0 Å². The Morgan fingerprint density at radius 3 is 2.59 bits per heavy atom. The van der Waals surface area contributed by atoms with E-state index in [0.717, 1.165) is 17.7 Å². The molecule has 2 heterocycles. The number of nitrogens with one attached hydrogen (secondary N) is 2. The summed E-state index contributed by atoms with van der Waals surface area (Å²) in [6.07, 6.45) is 7.93. The number of amides is 5. The van der Waals surface area contributed by atoms with Gasteiger partial charge >= 0.3 is 0 Å². The molecule has 0 aromatic heterocycles. The van der Waals surface area contributed by atoms with Gasteiger partial charge in [-0.2, -0.15) is 0 Å². The number of fused-ring (bicyclic) bond motifs is 1. The van der Waals surface area contributed by atoms with Crippen LogP contribution in [0.4, 0.5) is 0 Å². The number of hydrogen-bond acceptors (Lipinski definition) is 6. The summed E-state index contributed by atoms with van der Waals surface area (Å²) in [7, 11) is 0. The molecule has 9 nitrogen and oxygen atoms in total. The number of benzene rings is 1. The van der Waals surface area contributed by atoms with Crippen molar-refractivity contribution in [3.8, 4) is 5.75 Å². The van der Waals surface area contributed by atoms with Gasteiger partial charge in [-0.05, 0) is 31.4 Å². The van der Waals surface area contributed by atoms with E-state index in [9.17, 15) is 24.0 Å². The maximum Gasteiger partial charge on any atom is 0.266 e. The monoisotopic (exact) mass is 471 g/mol. The summed E-state index contributed by atoms with van der Waals surface area (Å²) in [5.41, 5.74) is 0.286. The average molecular weight is 472 g/mol. The van der Waals surface area contributed by atoms with E-state index in [2.05, 4.69) is 17.6 Å². The van der Waals surface area contributed by atoms with E-state index >= 15 is 0 Å². The van der Waals surface area contributed by atoms with E-state index in [1.165, 1.54) is 31.7 Å². The SMILES string of the molecule is CCCCCCCCNC(=O)CCCOc1cccc2c1C(=O)N(C1CCC(=O)NC1=O)C2=O. The van der Waals surface area contributed by atoms with Crippen molar-refractivity contribution in [1.82, 2.24) is 15.5 Å². The number of imide groups is 2. The van der Waals surface area contributed by atoms with E-state index in [-0.39, 0.29) is 42.2 Å². The van der Waals surface area contributed by atoms with Crippen LogP contribution in [0.25, 0.3) is 0 Å². The van der Waals surface area contributed by atoms with Crippen LogP contribution >= 0.6 is 0 Å². The van der Waals surface area contributed by atoms with Crippen LogP contribution in [0.2, 0.25) is 0 Å². The zero-order valence-corrected chi connectivity index (χ0v) is 19.7. The molecule has 1 aromatic carbocycles. The number of carbonyl (C=O) groups is 5. The lowest BCUT2D eigenvalue weighted by molar-refractivity contribution is -0.136. The second-order valence-corrected chi connectivity index (χ2v) is 8.70. The van der Waals surface area contributed by atoms with Gasteiger partial charge in [0.2, 0.25) is 17.7 Å². The molecule has 1 saturated heterocycles. The Labute approximate surface area is 199 Å². The van der Waals surface area contributed by atoms with Crippen molar-refractivity contribution in [3.05, 3.63) is 29.3 Å². The van der Waals surface area contributed by atoms with Crippen LogP contribution in [-0.4, -0.2) is 53.6 Å². The molecule has 0 bridgehead atoms. The quantitative estimate of drug-likeness (QED) is 0.337. The molecule has 5 amide bonds. The summed E-state index contributed by atoms with van der Waals surface area (Å²) >= 11 is 0. The van der Waals surface area contributed by atoms with E-state index in [0.29, 0.717) is 19.4 Å². The highest BCUT2D eigenvalue weighted by atomic mass is 16.5. The summed E-state index contributed by atoms with van der Waals surface area (Å²) in [5, 5.41) is 5.09. The Kier molecular flexibility index (Phi) is 9.18. The highest BCUT2D eigenvalue weighted by Crippen LogP contribution is 2.33. The van der Waals surface area contributed by atoms with Crippen LogP contribution in [-0.2, 0) is 14.4 Å². The number of hydrogen-bond donors (Lipinski definition) is 2. The van der Waals surface area contributed by atoms with Gasteiger partial charge in [0.05, 0.1) is 17.7 Å². The molecule has 34 heavy (non-hydrogen) atoms. The van der Waals surface area contributed by atoms with Gasteiger partial charge in [-0.3, -0.25) is 34.2 Å². The second kappa shape index (κ2) is 12.3. The van der Waals surface area contributed by atoms with Gasteiger partial charge in [-0.25, -0.2) is 0 Å². The fourth-order valence-electron chi connectivity index (χ4n) is 4.24. The Bertz CT molecular complexity index is 945. The van der Waals surface area contributed by atoms with Gasteiger partial charge in [0.1, 0.15) is 11.8 Å². The first-order valence-corrected chi connectivity index (χ1v) is 12.2. The van der Waals surface area contributed by atoms with Gasteiger partial charge < -0.3 is 10.1 Å². The number of unbranched alkanes of at least 4 members (excludes halogenated alkanes) is 5. The molecule has 1 fully saturated rings. The molecule has 2 aliphatic heterocycles. The normalized spacial score (nSPS) is 17.6. The van der Waals surface area contributed by atoms with Crippen molar-refractivity contribution in [3.63, 3.8) is 0 Å². The van der Waals surface area contributed by atoms with Crippen LogP contribution < -0.4 is 15.4 Å². The average Bonchev–Trinajstić information content (AvgIpc) is 3.07.